The van der Waals surface area contributed by atoms with E-state index in [9.17, 15) is 14.4 Å². The van der Waals surface area contributed by atoms with Crippen LogP contribution in [0.4, 0.5) is 0 Å². The Hall–Kier alpha value is -2.55. The van der Waals surface area contributed by atoms with Gasteiger partial charge in [0.1, 0.15) is 11.6 Å². The Balaban J connectivity index is 1.38. The fraction of sp³-hybridized carbons (Fsp3) is 0.595. The second-order valence-corrected chi connectivity index (χ2v) is 13.0. The van der Waals surface area contributed by atoms with Crippen molar-refractivity contribution in [1.82, 2.24) is 0 Å². The summed E-state index contributed by atoms with van der Waals surface area (Å²) in [6, 6.07) is 15.4. The molecule has 1 saturated carbocycles. The van der Waals surface area contributed by atoms with Crippen molar-refractivity contribution in [1.29, 1.82) is 0 Å². The molecule has 2 aliphatic carbocycles. The van der Waals surface area contributed by atoms with E-state index in [1.807, 2.05) is 0 Å². The van der Waals surface area contributed by atoms with Gasteiger partial charge in [-0.3, -0.25) is 14.4 Å². The van der Waals surface area contributed by atoms with Gasteiger partial charge < -0.3 is 0 Å². The molecule has 0 spiro atoms. The summed E-state index contributed by atoms with van der Waals surface area (Å²) in [4.78, 5) is 38.0. The molecule has 2 aromatic carbocycles. The minimum atomic E-state index is -0.0766. The predicted octanol–water partition coefficient (Wildman–Crippen LogP) is 8.71. The lowest BCUT2D eigenvalue weighted by Crippen LogP contribution is -2.30. The van der Waals surface area contributed by atoms with Gasteiger partial charge in [0.05, 0.1) is 6.42 Å². The van der Waals surface area contributed by atoms with Gasteiger partial charge in [0.2, 0.25) is 0 Å². The fourth-order valence-electron chi connectivity index (χ4n) is 7.89. The molecule has 0 saturated heterocycles. The van der Waals surface area contributed by atoms with Crippen molar-refractivity contribution in [2.75, 3.05) is 0 Å². The van der Waals surface area contributed by atoms with Crippen LogP contribution in [0.25, 0.3) is 0 Å². The number of hydrogen-bond donors (Lipinski definition) is 0. The number of fused-ring (bicyclic) bond motifs is 1. The molecule has 0 bridgehead atoms. The molecule has 2 aromatic rings. The smallest absolute Gasteiger partial charge is 0.163 e. The van der Waals surface area contributed by atoms with Crippen molar-refractivity contribution >= 4 is 17.3 Å². The molecule has 3 unspecified atom stereocenters. The largest absolute Gasteiger partial charge is 0.300 e. The van der Waals surface area contributed by atoms with Gasteiger partial charge in [-0.25, -0.2) is 0 Å². The first-order valence-electron chi connectivity index (χ1n) is 16.0. The van der Waals surface area contributed by atoms with Gasteiger partial charge in [-0.1, -0.05) is 69.2 Å². The first-order chi connectivity index (χ1) is 19.3. The maximum Gasteiger partial charge on any atom is 0.163 e. The summed E-state index contributed by atoms with van der Waals surface area (Å²) < 4.78 is 0. The predicted molar refractivity (Wildman–Crippen MR) is 164 cm³/mol. The molecular formula is C37H50O3. The van der Waals surface area contributed by atoms with Crippen molar-refractivity contribution in [3.63, 3.8) is 0 Å². The van der Waals surface area contributed by atoms with E-state index in [2.05, 4.69) is 63.2 Å². The monoisotopic (exact) mass is 542 g/mol. The van der Waals surface area contributed by atoms with E-state index in [-0.39, 0.29) is 41.5 Å². The van der Waals surface area contributed by atoms with Crippen molar-refractivity contribution in [2.24, 2.45) is 29.6 Å². The third kappa shape index (κ3) is 7.80. The fourth-order valence-corrected chi connectivity index (χ4v) is 7.89. The van der Waals surface area contributed by atoms with Gasteiger partial charge in [0, 0.05) is 17.9 Å². The third-order valence-electron chi connectivity index (χ3n) is 9.91. The van der Waals surface area contributed by atoms with Crippen molar-refractivity contribution in [2.45, 2.75) is 111 Å². The highest BCUT2D eigenvalue weighted by Gasteiger charge is 2.33. The van der Waals surface area contributed by atoms with Crippen LogP contribution in [0.2, 0.25) is 0 Å². The topological polar surface area (TPSA) is 51.2 Å². The first kappa shape index (κ1) is 30.4. The van der Waals surface area contributed by atoms with Crippen LogP contribution in [0.5, 0.6) is 0 Å². The minimum absolute atomic E-state index is 0.0435. The molecule has 0 amide bonds. The molecule has 0 aromatic heterocycles. The molecule has 0 radical (unpaired) electrons. The van der Waals surface area contributed by atoms with E-state index in [4.69, 9.17) is 0 Å². The summed E-state index contributed by atoms with van der Waals surface area (Å²) in [5, 5.41) is 0. The lowest BCUT2D eigenvalue weighted by molar-refractivity contribution is -0.129. The second-order valence-electron chi connectivity index (χ2n) is 13.0. The summed E-state index contributed by atoms with van der Waals surface area (Å²) in [6.45, 7) is 7.90. The van der Waals surface area contributed by atoms with Gasteiger partial charge in [0.15, 0.2) is 5.78 Å². The number of Topliss-reactive ketones (excluding diaryl/α,β-unsaturated/α-hetero) is 3. The number of hydrogen-bond acceptors (Lipinski definition) is 3. The van der Waals surface area contributed by atoms with Crippen LogP contribution >= 0.6 is 0 Å². The molecule has 2 aliphatic rings. The SMILES string of the molecule is CCCC(CC1CC(=O)c2c(ccc(CC3CCC(Cc4ccccc4)CC3)c2C)C1)C(CC)C(=O)CC(C)=O. The quantitative estimate of drug-likeness (QED) is 0.238. The Labute approximate surface area is 242 Å². The van der Waals surface area contributed by atoms with E-state index in [1.165, 1.54) is 61.3 Å². The van der Waals surface area contributed by atoms with Crippen molar-refractivity contribution in [3.8, 4) is 0 Å². The van der Waals surface area contributed by atoms with Gasteiger partial charge in [0.25, 0.3) is 0 Å². The maximum atomic E-state index is 13.5. The molecule has 0 aliphatic heterocycles. The second kappa shape index (κ2) is 14.4. The zero-order valence-electron chi connectivity index (χ0n) is 25.3. The zero-order chi connectivity index (χ0) is 28.6. The minimum Gasteiger partial charge on any atom is -0.300 e. The van der Waals surface area contributed by atoms with Crippen molar-refractivity contribution in [3.05, 3.63) is 70.3 Å². The van der Waals surface area contributed by atoms with Crippen LogP contribution in [-0.2, 0) is 28.9 Å². The molecule has 3 heteroatoms. The molecular weight excluding hydrogens is 492 g/mol. The molecule has 0 N–H and O–H groups in total. The number of rotatable bonds is 13. The zero-order valence-corrected chi connectivity index (χ0v) is 25.3. The van der Waals surface area contributed by atoms with E-state index in [0.717, 1.165) is 50.0 Å². The van der Waals surface area contributed by atoms with Gasteiger partial charge in [-0.15, -0.1) is 0 Å². The van der Waals surface area contributed by atoms with Crippen LogP contribution < -0.4 is 0 Å². The van der Waals surface area contributed by atoms with E-state index in [0.29, 0.717) is 12.3 Å². The van der Waals surface area contributed by atoms with E-state index in [1.54, 1.807) is 0 Å². The van der Waals surface area contributed by atoms with E-state index >= 15 is 0 Å². The molecule has 1 fully saturated rings. The molecule has 4 rings (SSSR count). The Bertz CT molecular complexity index is 1160. The Kier molecular flexibility index (Phi) is 10.9. The molecule has 0 heterocycles. The van der Waals surface area contributed by atoms with Crippen LogP contribution in [0.1, 0.15) is 118 Å². The van der Waals surface area contributed by atoms with Crippen LogP contribution in [0, 0.1) is 36.5 Å². The number of carbonyl (C=O) groups excluding carboxylic acids is 3. The summed E-state index contributed by atoms with van der Waals surface area (Å²) in [5.41, 5.74) is 6.22. The van der Waals surface area contributed by atoms with Gasteiger partial charge >= 0.3 is 0 Å². The van der Waals surface area contributed by atoms with Crippen LogP contribution in [-0.4, -0.2) is 17.3 Å². The highest BCUT2D eigenvalue weighted by molar-refractivity contribution is 6.00. The highest BCUT2D eigenvalue weighted by atomic mass is 16.1. The van der Waals surface area contributed by atoms with Gasteiger partial charge in [-0.05, 0) is 118 Å². The summed E-state index contributed by atoms with van der Waals surface area (Å²) in [5.74, 6) is 2.28. The molecule has 3 nitrogen and oxygen atoms in total. The number of ketones is 3. The van der Waals surface area contributed by atoms with Gasteiger partial charge in [-0.2, -0.15) is 0 Å². The molecule has 40 heavy (non-hydrogen) atoms. The lowest BCUT2D eigenvalue weighted by Gasteiger charge is -2.32. The first-order valence-corrected chi connectivity index (χ1v) is 16.0. The van der Waals surface area contributed by atoms with Crippen molar-refractivity contribution < 1.29 is 14.4 Å². The average molecular weight is 543 g/mol. The maximum absolute atomic E-state index is 13.5. The van der Waals surface area contributed by atoms with E-state index < -0.39 is 0 Å². The van der Waals surface area contributed by atoms with Crippen LogP contribution in [0.15, 0.2) is 42.5 Å². The summed E-state index contributed by atoms with van der Waals surface area (Å²) in [7, 11) is 0. The average Bonchev–Trinajstić information content (AvgIpc) is 2.92. The molecule has 216 valence electrons. The third-order valence-corrected chi connectivity index (χ3v) is 9.91. The Morgan fingerprint density at radius 2 is 1.55 bits per heavy atom. The Morgan fingerprint density at radius 3 is 2.17 bits per heavy atom. The number of benzene rings is 2. The highest BCUT2D eigenvalue weighted by Crippen LogP contribution is 2.38. The Morgan fingerprint density at radius 1 is 0.875 bits per heavy atom. The molecule has 3 atom stereocenters. The normalized spacial score (nSPS) is 22.4. The summed E-state index contributed by atoms with van der Waals surface area (Å²) >= 11 is 0. The summed E-state index contributed by atoms with van der Waals surface area (Å²) in [6.07, 6.45) is 12.7. The van der Waals surface area contributed by atoms with Crippen LogP contribution in [0.3, 0.4) is 0 Å². The lowest BCUT2D eigenvalue weighted by atomic mass is 9.71. The number of carbonyl (C=O) groups is 3. The standard InChI is InChI=1S/C37H50O3/c1-5-10-32(34(6-2)35(39)19-25(3)38)22-30-23-33-18-17-31(26(4)37(33)36(40)24-30)21-29-15-13-28(14-16-29)20-27-11-8-7-9-12-27/h7-9,11-12,17-18,28-30,32,34H,5-6,10,13-16,19-24H2,1-4H3.